The molecule has 3 aliphatic heterocycles. The smallest absolute Gasteiger partial charge is 0.275 e. The van der Waals surface area contributed by atoms with Gasteiger partial charge in [-0.25, -0.2) is 8.42 Å². The van der Waals surface area contributed by atoms with Crippen molar-refractivity contribution in [2.24, 2.45) is 5.92 Å². The molecule has 4 heterocycles. The maximum Gasteiger partial charge on any atom is 0.275 e. The molecule has 3 fully saturated rings. The number of sulfone groups is 1. The predicted octanol–water partition coefficient (Wildman–Crippen LogP) is 1.68. The Balaban J connectivity index is 1.35. The van der Waals surface area contributed by atoms with Crippen LogP contribution in [0.15, 0.2) is 24.3 Å². The van der Waals surface area contributed by atoms with Gasteiger partial charge in [0.05, 0.1) is 11.3 Å². The lowest BCUT2D eigenvalue weighted by molar-refractivity contribution is 0.0408. The average Bonchev–Trinajstić information content (AvgIpc) is 3.20. The summed E-state index contributed by atoms with van der Waals surface area (Å²) >= 11 is 0. The van der Waals surface area contributed by atoms with E-state index in [2.05, 4.69) is 15.1 Å². The average molecular weight is 403 g/mol. The first-order valence-corrected chi connectivity index (χ1v) is 11.8. The third-order valence-electron chi connectivity index (χ3n) is 6.90. The number of hydrogen-bond acceptors (Lipinski definition) is 5. The number of piperidine rings is 1. The molecule has 1 aromatic heterocycles. The summed E-state index contributed by atoms with van der Waals surface area (Å²) < 4.78 is 25.1. The van der Waals surface area contributed by atoms with Crippen LogP contribution in [0.2, 0.25) is 0 Å². The number of carbonyl (C=O) groups is 1. The number of para-hydroxylation sites is 1. The van der Waals surface area contributed by atoms with E-state index in [9.17, 15) is 13.2 Å². The summed E-state index contributed by atoms with van der Waals surface area (Å²) in [5.74, 6) is 0.191. The van der Waals surface area contributed by atoms with Crippen molar-refractivity contribution >= 4 is 26.6 Å². The second kappa shape index (κ2) is 6.56. The van der Waals surface area contributed by atoms with Gasteiger partial charge in [-0.1, -0.05) is 24.6 Å². The van der Waals surface area contributed by atoms with Crippen molar-refractivity contribution in [3.05, 3.63) is 30.0 Å². The van der Waals surface area contributed by atoms with E-state index in [-0.39, 0.29) is 17.6 Å². The van der Waals surface area contributed by atoms with E-state index in [4.69, 9.17) is 0 Å². The number of benzene rings is 1. The van der Waals surface area contributed by atoms with Gasteiger partial charge in [-0.3, -0.25) is 9.89 Å². The molecule has 0 aliphatic carbocycles. The summed E-state index contributed by atoms with van der Waals surface area (Å²) in [6.07, 6.45) is 4.38. The van der Waals surface area contributed by atoms with E-state index in [0.717, 1.165) is 30.5 Å². The summed E-state index contributed by atoms with van der Waals surface area (Å²) in [5, 5.41) is 7.86. The highest BCUT2D eigenvalue weighted by Gasteiger charge is 2.62. The number of rotatable bonds is 3. The highest BCUT2D eigenvalue weighted by Crippen LogP contribution is 2.45. The zero-order chi connectivity index (χ0) is 19.4. The maximum atomic E-state index is 13.0. The van der Waals surface area contributed by atoms with Crippen molar-refractivity contribution in [1.82, 2.24) is 20.0 Å². The third kappa shape index (κ3) is 2.69. The van der Waals surface area contributed by atoms with Crippen LogP contribution in [0.5, 0.6) is 0 Å². The molecular weight excluding hydrogens is 376 g/mol. The number of H-pyrrole nitrogens is 1. The number of aromatic amines is 1. The van der Waals surface area contributed by atoms with Crippen LogP contribution in [0.3, 0.4) is 0 Å². The van der Waals surface area contributed by atoms with E-state index in [1.54, 1.807) is 4.90 Å². The number of nitrogens with zero attached hydrogens (tertiary/aromatic N) is 3. The highest BCUT2D eigenvalue weighted by molar-refractivity contribution is 7.93. The Bertz CT molecular complexity index is 1000. The Labute approximate surface area is 165 Å². The number of aromatic nitrogens is 2. The Morgan fingerprint density at radius 2 is 1.93 bits per heavy atom. The molecule has 0 radical (unpaired) electrons. The normalized spacial score (nSPS) is 26.6. The Morgan fingerprint density at radius 3 is 2.71 bits per heavy atom. The molecule has 1 atom stereocenters. The summed E-state index contributed by atoms with van der Waals surface area (Å²) in [5.41, 5.74) is 1.20. The van der Waals surface area contributed by atoms with Crippen molar-refractivity contribution in [2.45, 2.75) is 30.4 Å². The number of likely N-dealkylation sites (tertiary alicyclic amines) is 2. The fraction of sp³-hybridized carbons (Fsp3) is 0.600. The minimum absolute atomic E-state index is 0.121. The van der Waals surface area contributed by atoms with Crippen LogP contribution < -0.4 is 0 Å². The molecule has 2 aromatic rings. The predicted molar refractivity (Wildman–Crippen MR) is 107 cm³/mol. The van der Waals surface area contributed by atoms with Gasteiger partial charge in [0, 0.05) is 25.0 Å². The van der Waals surface area contributed by atoms with Crippen molar-refractivity contribution in [3.63, 3.8) is 0 Å². The van der Waals surface area contributed by atoms with Gasteiger partial charge in [0.2, 0.25) is 0 Å². The van der Waals surface area contributed by atoms with Gasteiger partial charge in [-0.2, -0.15) is 5.10 Å². The largest absolute Gasteiger partial charge is 0.334 e. The summed E-state index contributed by atoms with van der Waals surface area (Å²) in [6.45, 7) is 3.57. The van der Waals surface area contributed by atoms with Crippen molar-refractivity contribution in [1.29, 1.82) is 0 Å². The lowest BCUT2D eigenvalue weighted by atomic mass is 9.82. The second-order valence-corrected chi connectivity index (χ2v) is 11.0. The van der Waals surface area contributed by atoms with E-state index in [0.29, 0.717) is 25.2 Å². The molecule has 1 spiro atoms. The zero-order valence-electron chi connectivity index (χ0n) is 15.9. The Kier molecular flexibility index (Phi) is 4.24. The summed E-state index contributed by atoms with van der Waals surface area (Å²) in [7, 11) is -3.18. The van der Waals surface area contributed by atoms with Gasteiger partial charge < -0.3 is 9.80 Å². The lowest BCUT2D eigenvalue weighted by Gasteiger charge is -2.50. The van der Waals surface area contributed by atoms with Crippen LogP contribution in [0.25, 0.3) is 10.9 Å². The number of nitrogens with one attached hydrogen (secondary N) is 1. The lowest BCUT2D eigenvalue weighted by Crippen LogP contribution is -2.69. The van der Waals surface area contributed by atoms with Crippen molar-refractivity contribution in [2.75, 3.05) is 38.5 Å². The molecule has 3 saturated heterocycles. The fourth-order valence-corrected chi connectivity index (χ4v) is 7.61. The minimum atomic E-state index is -3.18. The van der Waals surface area contributed by atoms with Crippen LogP contribution in [-0.4, -0.2) is 77.5 Å². The standard InChI is InChI=1S/C20H26N4O3S/c25-19(18-16-6-2-3-7-17(16)21-22-18)24-13-20(14-24)15(8-11-28(20,26)27)12-23-9-4-1-5-10-23/h2-3,6-7,15H,1,4-5,8-14H2,(H,21,22). The maximum absolute atomic E-state index is 13.0. The van der Waals surface area contributed by atoms with Crippen LogP contribution >= 0.6 is 0 Å². The molecule has 5 rings (SSSR count). The topological polar surface area (TPSA) is 86.4 Å². The third-order valence-corrected chi connectivity index (χ3v) is 9.51. The molecule has 7 nitrogen and oxygen atoms in total. The van der Waals surface area contributed by atoms with Crippen LogP contribution in [0.4, 0.5) is 0 Å². The highest BCUT2D eigenvalue weighted by atomic mass is 32.2. The van der Waals surface area contributed by atoms with Gasteiger partial charge in [0.1, 0.15) is 4.75 Å². The van der Waals surface area contributed by atoms with E-state index < -0.39 is 14.6 Å². The van der Waals surface area contributed by atoms with E-state index >= 15 is 0 Å². The molecule has 0 saturated carbocycles. The quantitative estimate of drug-likeness (QED) is 0.844. The SMILES string of the molecule is O=C(c1n[nH]c2ccccc12)N1CC2(C1)C(CN1CCCCC1)CCS2(=O)=O. The molecule has 8 heteroatoms. The monoisotopic (exact) mass is 402 g/mol. The van der Waals surface area contributed by atoms with Crippen LogP contribution in [0.1, 0.15) is 36.2 Å². The van der Waals surface area contributed by atoms with E-state index in [1.807, 2.05) is 24.3 Å². The molecule has 28 heavy (non-hydrogen) atoms. The molecule has 0 bridgehead atoms. The van der Waals surface area contributed by atoms with Gasteiger partial charge >= 0.3 is 0 Å². The van der Waals surface area contributed by atoms with E-state index in [1.165, 1.54) is 19.3 Å². The first-order chi connectivity index (χ1) is 13.5. The van der Waals surface area contributed by atoms with Crippen molar-refractivity contribution in [3.8, 4) is 0 Å². The Morgan fingerprint density at radius 1 is 1.18 bits per heavy atom. The molecule has 1 amide bonds. The molecule has 3 aliphatic rings. The van der Waals surface area contributed by atoms with Gasteiger partial charge in [0.25, 0.3) is 5.91 Å². The molecule has 150 valence electrons. The van der Waals surface area contributed by atoms with Crippen molar-refractivity contribution < 1.29 is 13.2 Å². The minimum Gasteiger partial charge on any atom is -0.334 e. The van der Waals surface area contributed by atoms with Crippen LogP contribution in [-0.2, 0) is 9.84 Å². The summed E-state index contributed by atoms with van der Waals surface area (Å²) in [4.78, 5) is 17.1. The van der Waals surface area contributed by atoms with Gasteiger partial charge in [0.15, 0.2) is 15.5 Å². The first-order valence-electron chi connectivity index (χ1n) is 10.2. The first kappa shape index (κ1) is 18.1. The zero-order valence-corrected chi connectivity index (χ0v) is 16.7. The fourth-order valence-electron chi connectivity index (χ4n) is 5.20. The number of hydrogen-bond donors (Lipinski definition) is 1. The Hall–Kier alpha value is -1.93. The summed E-state index contributed by atoms with van der Waals surface area (Å²) in [6, 6.07) is 7.52. The van der Waals surface area contributed by atoms with Gasteiger partial charge in [-0.05, 0) is 44.3 Å². The second-order valence-electron chi connectivity index (χ2n) is 8.51. The van der Waals surface area contributed by atoms with Crippen LogP contribution in [0, 0.1) is 5.92 Å². The number of carbonyl (C=O) groups excluding carboxylic acids is 1. The van der Waals surface area contributed by atoms with Gasteiger partial charge in [-0.15, -0.1) is 0 Å². The molecular formula is C20H26N4O3S. The molecule has 1 unspecified atom stereocenters. The number of fused-ring (bicyclic) bond motifs is 1. The molecule has 1 N–H and O–H groups in total. The number of amides is 1. The molecule has 1 aromatic carbocycles.